The molecule has 0 aromatic carbocycles. The Labute approximate surface area is 222 Å². The Morgan fingerprint density at radius 3 is 2.39 bits per heavy atom. The van der Waals surface area contributed by atoms with E-state index in [1.165, 1.54) is 6.07 Å². The van der Waals surface area contributed by atoms with E-state index < -0.39 is 23.8 Å². The van der Waals surface area contributed by atoms with E-state index in [0.29, 0.717) is 36.2 Å². The lowest BCUT2D eigenvalue weighted by Crippen LogP contribution is -2.45. The molecule has 2 bridgehead atoms. The van der Waals surface area contributed by atoms with E-state index in [1.54, 1.807) is 12.1 Å². The minimum Gasteiger partial charge on any atom is -0.347 e. The molecular weight excluding hydrogens is 493 g/mol. The Morgan fingerprint density at radius 1 is 1.08 bits per heavy atom. The number of halogens is 3. The van der Waals surface area contributed by atoms with Gasteiger partial charge in [-0.05, 0) is 64.0 Å². The summed E-state index contributed by atoms with van der Waals surface area (Å²) < 4.78 is 43.6. The fourth-order valence-electron chi connectivity index (χ4n) is 6.83. The average Bonchev–Trinajstić information content (AvgIpc) is 3.36. The molecule has 1 aliphatic carbocycles. The maximum atomic E-state index is 14.0. The molecule has 2 aromatic rings. The molecule has 2 aromatic heterocycles. The van der Waals surface area contributed by atoms with E-state index in [0.717, 1.165) is 43.9 Å². The molecule has 1 amide bonds. The van der Waals surface area contributed by atoms with Gasteiger partial charge in [-0.1, -0.05) is 19.9 Å². The molecule has 2 aliphatic heterocycles. The number of hydrogen-bond acceptors (Lipinski definition) is 5. The van der Waals surface area contributed by atoms with Crippen molar-refractivity contribution in [2.75, 3.05) is 6.54 Å². The normalized spacial score (nSPS) is 26.6. The predicted molar refractivity (Wildman–Crippen MR) is 137 cm³/mol. The van der Waals surface area contributed by atoms with Crippen LogP contribution in [0.15, 0.2) is 18.2 Å². The predicted octanol–water partition coefficient (Wildman–Crippen LogP) is 5.49. The van der Waals surface area contributed by atoms with Crippen molar-refractivity contribution < 1.29 is 18.0 Å². The van der Waals surface area contributed by atoms with Crippen LogP contribution in [0.4, 0.5) is 13.2 Å². The van der Waals surface area contributed by atoms with Crippen LogP contribution in [0.3, 0.4) is 0 Å². The quantitative estimate of drug-likeness (QED) is 0.456. The number of carbonyl (C=O) groups excluding carboxylic acids is 1. The number of aryl methyl sites for hydroxylation is 1. The zero-order valence-electron chi connectivity index (χ0n) is 22.5. The standard InChI is InChI=1S/C28H39F3N6O/c1-17(2)26-35-34-18(3)37(26)22-15-20-7-8-21(16-22)36(20)14-11-24(23-5-4-6-25(29)32-23)33-27(38)19-9-12-28(30,31)13-10-19/h4-6,17,19-22,24H,7-16H2,1-3H3,(H,33,38)/t20?,21?,22?,24-/m0/s1. The Kier molecular flexibility index (Phi) is 7.80. The monoisotopic (exact) mass is 532 g/mol. The van der Waals surface area contributed by atoms with Crippen LogP contribution >= 0.6 is 0 Å². The minimum atomic E-state index is -2.69. The van der Waals surface area contributed by atoms with Gasteiger partial charge in [-0.25, -0.2) is 13.8 Å². The van der Waals surface area contributed by atoms with Gasteiger partial charge in [-0.15, -0.1) is 10.2 Å². The number of aromatic nitrogens is 4. The smallest absolute Gasteiger partial charge is 0.248 e. The number of rotatable bonds is 8. The van der Waals surface area contributed by atoms with Gasteiger partial charge in [-0.2, -0.15) is 4.39 Å². The molecule has 2 saturated heterocycles. The first kappa shape index (κ1) is 27.1. The van der Waals surface area contributed by atoms with Gasteiger partial charge in [0.15, 0.2) is 0 Å². The molecule has 3 atom stereocenters. The summed E-state index contributed by atoms with van der Waals surface area (Å²) in [5.74, 6) is -1.64. The zero-order valence-corrected chi connectivity index (χ0v) is 22.5. The Morgan fingerprint density at radius 2 is 1.76 bits per heavy atom. The van der Waals surface area contributed by atoms with Gasteiger partial charge < -0.3 is 9.88 Å². The number of carbonyl (C=O) groups is 1. The van der Waals surface area contributed by atoms with Crippen molar-refractivity contribution in [1.82, 2.24) is 30.0 Å². The lowest BCUT2D eigenvalue weighted by Gasteiger charge is -2.40. The first-order chi connectivity index (χ1) is 18.1. The van der Waals surface area contributed by atoms with Crippen LogP contribution in [0.25, 0.3) is 0 Å². The van der Waals surface area contributed by atoms with E-state index in [2.05, 4.69) is 43.8 Å². The molecule has 1 saturated carbocycles. The van der Waals surface area contributed by atoms with Crippen molar-refractivity contribution in [3.05, 3.63) is 41.5 Å². The summed E-state index contributed by atoms with van der Waals surface area (Å²) in [6, 6.07) is 5.38. The Bertz CT molecular complexity index is 1110. The fraction of sp³-hybridized carbons (Fsp3) is 0.714. The number of nitrogens with zero attached hydrogens (tertiary/aromatic N) is 5. The van der Waals surface area contributed by atoms with Gasteiger partial charge in [0.2, 0.25) is 17.8 Å². The highest BCUT2D eigenvalue weighted by atomic mass is 19.3. The highest BCUT2D eigenvalue weighted by Crippen LogP contribution is 2.42. The minimum absolute atomic E-state index is 0.167. The van der Waals surface area contributed by atoms with Gasteiger partial charge in [0.25, 0.3) is 0 Å². The van der Waals surface area contributed by atoms with Crippen LogP contribution in [-0.2, 0) is 4.79 Å². The number of piperidine rings is 1. The molecule has 3 aliphatic rings. The first-order valence-electron chi connectivity index (χ1n) is 14.1. The maximum absolute atomic E-state index is 14.0. The molecule has 208 valence electrons. The van der Waals surface area contributed by atoms with Gasteiger partial charge in [0, 0.05) is 49.3 Å². The Balaban J connectivity index is 1.26. The molecular formula is C28H39F3N6O. The summed E-state index contributed by atoms with van der Waals surface area (Å²) in [6.45, 7) is 7.08. The summed E-state index contributed by atoms with van der Waals surface area (Å²) in [6.07, 6.45) is 4.71. The number of pyridine rings is 1. The summed E-state index contributed by atoms with van der Waals surface area (Å²) in [5, 5.41) is 11.8. The summed E-state index contributed by atoms with van der Waals surface area (Å²) in [4.78, 5) is 19.7. The maximum Gasteiger partial charge on any atom is 0.248 e. The van der Waals surface area contributed by atoms with E-state index in [9.17, 15) is 18.0 Å². The fourth-order valence-corrected chi connectivity index (χ4v) is 6.83. The van der Waals surface area contributed by atoms with Gasteiger partial charge in [-0.3, -0.25) is 9.69 Å². The van der Waals surface area contributed by atoms with E-state index in [4.69, 9.17) is 0 Å². The Hall–Kier alpha value is -2.49. The van der Waals surface area contributed by atoms with Crippen LogP contribution in [0.1, 0.15) is 107 Å². The second-order valence-corrected chi connectivity index (χ2v) is 11.7. The number of fused-ring (bicyclic) bond motifs is 2. The van der Waals surface area contributed by atoms with Crippen molar-refractivity contribution in [3.8, 4) is 0 Å². The molecule has 0 radical (unpaired) electrons. The second kappa shape index (κ2) is 10.9. The molecule has 2 unspecified atom stereocenters. The second-order valence-electron chi connectivity index (χ2n) is 11.7. The van der Waals surface area contributed by atoms with E-state index in [1.807, 2.05) is 6.92 Å². The van der Waals surface area contributed by atoms with Crippen molar-refractivity contribution >= 4 is 5.91 Å². The van der Waals surface area contributed by atoms with Crippen molar-refractivity contribution in [3.63, 3.8) is 0 Å². The van der Waals surface area contributed by atoms with Crippen LogP contribution in [0.2, 0.25) is 0 Å². The number of amides is 1. The highest BCUT2D eigenvalue weighted by molar-refractivity contribution is 5.79. The third-order valence-corrected chi connectivity index (χ3v) is 8.81. The largest absolute Gasteiger partial charge is 0.347 e. The molecule has 3 fully saturated rings. The summed E-state index contributed by atoms with van der Waals surface area (Å²) in [7, 11) is 0. The highest BCUT2D eigenvalue weighted by Gasteiger charge is 2.43. The number of alkyl halides is 2. The van der Waals surface area contributed by atoms with Gasteiger partial charge >= 0.3 is 0 Å². The third kappa shape index (κ3) is 5.75. The molecule has 4 heterocycles. The molecule has 0 spiro atoms. The van der Waals surface area contributed by atoms with Gasteiger partial charge in [0.05, 0.1) is 11.7 Å². The molecule has 7 nitrogen and oxygen atoms in total. The lowest BCUT2D eigenvalue weighted by atomic mass is 9.86. The summed E-state index contributed by atoms with van der Waals surface area (Å²) >= 11 is 0. The molecule has 1 N–H and O–H groups in total. The van der Waals surface area contributed by atoms with E-state index >= 15 is 0 Å². The third-order valence-electron chi connectivity index (χ3n) is 8.81. The van der Waals surface area contributed by atoms with Crippen molar-refractivity contribution in [1.29, 1.82) is 0 Å². The van der Waals surface area contributed by atoms with Crippen LogP contribution < -0.4 is 5.32 Å². The van der Waals surface area contributed by atoms with Crippen LogP contribution in [0.5, 0.6) is 0 Å². The van der Waals surface area contributed by atoms with Crippen molar-refractivity contribution in [2.45, 2.75) is 115 Å². The van der Waals surface area contributed by atoms with Crippen LogP contribution in [0, 0.1) is 18.8 Å². The van der Waals surface area contributed by atoms with Gasteiger partial charge in [0.1, 0.15) is 11.6 Å². The molecule has 10 heteroatoms. The lowest BCUT2D eigenvalue weighted by molar-refractivity contribution is -0.130. The number of nitrogens with one attached hydrogen (secondary N) is 1. The van der Waals surface area contributed by atoms with E-state index in [-0.39, 0.29) is 31.6 Å². The SMILES string of the molecule is Cc1nnc(C(C)C)n1C1CC2CCC(C1)N2CC[C@H](NC(=O)C1CCC(F)(F)CC1)c1cccc(F)n1. The summed E-state index contributed by atoms with van der Waals surface area (Å²) in [5.41, 5.74) is 0.475. The molecule has 5 rings (SSSR count). The molecule has 38 heavy (non-hydrogen) atoms. The topological polar surface area (TPSA) is 75.9 Å². The number of hydrogen-bond donors (Lipinski definition) is 1. The first-order valence-corrected chi connectivity index (χ1v) is 14.1. The average molecular weight is 533 g/mol. The zero-order chi connectivity index (χ0) is 27.0. The van der Waals surface area contributed by atoms with Crippen molar-refractivity contribution in [2.24, 2.45) is 5.92 Å². The van der Waals surface area contributed by atoms with Crippen LogP contribution in [-0.4, -0.2) is 55.1 Å².